The molecule has 8 heteroatoms. The number of benzene rings is 1. The molecule has 1 N–H and O–H groups in total. The summed E-state index contributed by atoms with van der Waals surface area (Å²) in [6.07, 6.45) is 3.27. The van der Waals surface area contributed by atoms with Crippen molar-refractivity contribution in [3.8, 4) is 0 Å². The zero-order chi connectivity index (χ0) is 18.9. The Morgan fingerprint density at radius 3 is 2.31 bits per heavy atom. The Balaban J connectivity index is 1.52. The first-order valence-corrected chi connectivity index (χ1v) is 10.7. The molecule has 2 bridgehead atoms. The van der Waals surface area contributed by atoms with Crippen molar-refractivity contribution in [3.05, 3.63) is 23.8 Å². The van der Waals surface area contributed by atoms with Crippen molar-refractivity contribution < 1.29 is 22.0 Å². The molecule has 26 heavy (non-hydrogen) atoms. The number of carbonyl (C=O) groups excluding carboxylic acids is 1. The van der Waals surface area contributed by atoms with Crippen LogP contribution < -0.4 is 5.32 Å². The maximum atomic E-state index is 13.7. The predicted octanol–water partition coefficient (Wildman–Crippen LogP) is 3.58. The summed E-state index contributed by atoms with van der Waals surface area (Å²) in [7, 11) is -3.39. The summed E-state index contributed by atoms with van der Waals surface area (Å²) in [5.41, 5.74) is 0.113. The van der Waals surface area contributed by atoms with E-state index in [0.29, 0.717) is 24.1 Å². The largest absolute Gasteiger partial charge is 0.322 e. The Morgan fingerprint density at radius 1 is 1.23 bits per heavy atom. The maximum Gasteiger partial charge on any atom is 0.322 e. The number of halogens is 2. The first kappa shape index (κ1) is 17.7. The second-order valence-electron chi connectivity index (χ2n) is 8.04. The number of carbonyl (C=O) groups is 1. The molecule has 3 aliphatic rings. The molecule has 1 saturated carbocycles. The van der Waals surface area contributed by atoms with Crippen LogP contribution in [-0.4, -0.2) is 43.6 Å². The summed E-state index contributed by atoms with van der Waals surface area (Å²) in [6, 6.07) is 4.09. The van der Waals surface area contributed by atoms with Gasteiger partial charge in [0.25, 0.3) is 5.92 Å². The molecule has 2 saturated heterocycles. The molecule has 142 valence electrons. The van der Waals surface area contributed by atoms with Gasteiger partial charge in [-0.1, -0.05) is 6.07 Å². The van der Waals surface area contributed by atoms with Gasteiger partial charge in [0.1, 0.15) is 0 Å². The van der Waals surface area contributed by atoms with Crippen LogP contribution in [0.2, 0.25) is 0 Å². The van der Waals surface area contributed by atoms with Crippen molar-refractivity contribution in [2.45, 2.75) is 61.9 Å². The van der Waals surface area contributed by atoms with Crippen LogP contribution in [0.4, 0.5) is 19.3 Å². The Morgan fingerprint density at radius 2 is 1.81 bits per heavy atom. The number of amides is 2. The Kier molecular flexibility index (Phi) is 3.68. The molecule has 1 aromatic rings. The lowest BCUT2D eigenvalue weighted by Gasteiger charge is -2.39. The monoisotopic (exact) mass is 384 g/mol. The molecule has 2 atom stereocenters. The highest BCUT2D eigenvalue weighted by Gasteiger charge is 2.74. The van der Waals surface area contributed by atoms with E-state index in [4.69, 9.17) is 0 Å². The summed E-state index contributed by atoms with van der Waals surface area (Å²) < 4.78 is 51.2. The van der Waals surface area contributed by atoms with Crippen molar-refractivity contribution in [3.63, 3.8) is 0 Å². The van der Waals surface area contributed by atoms with Gasteiger partial charge in [0.05, 0.1) is 4.90 Å². The van der Waals surface area contributed by atoms with Crippen molar-refractivity contribution >= 4 is 21.6 Å². The smallest absolute Gasteiger partial charge is 0.319 e. The fraction of sp³-hybridized carbons (Fsp3) is 0.611. The number of hydrogen-bond donors (Lipinski definition) is 1. The highest BCUT2D eigenvalue weighted by Crippen LogP contribution is 2.69. The molecule has 5 nitrogen and oxygen atoms in total. The van der Waals surface area contributed by atoms with E-state index < -0.39 is 21.2 Å². The van der Waals surface area contributed by atoms with Crippen LogP contribution in [0, 0.1) is 12.3 Å². The third kappa shape index (κ3) is 2.69. The SMILES string of the molecule is Cc1ccc(NC(=O)N2C3CCC2CC2(C3)CC2(F)F)cc1S(C)(=O)=O. The van der Waals surface area contributed by atoms with Crippen LogP contribution in [-0.2, 0) is 9.84 Å². The lowest BCUT2D eigenvalue weighted by atomic mass is 9.87. The number of nitrogens with one attached hydrogen (secondary N) is 1. The number of alkyl halides is 2. The molecule has 2 heterocycles. The van der Waals surface area contributed by atoms with Gasteiger partial charge in [-0.15, -0.1) is 0 Å². The summed E-state index contributed by atoms with van der Waals surface area (Å²) in [5.74, 6) is -2.59. The van der Waals surface area contributed by atoms with Gasteiger partial charge in [-0.3, -0.25) is 0 Å². The van der Waals surface area contributed by atoms with Crippen molar-refractivity contribution in [2.24, 2.45) is 5.41 Å². The summed E-state index contributed by atoms with van der Waals surface area (Å²) in [6.45, 7) is 1.70. The summed E-state index contributed by atoms with van der Waals surface area (Å²) in [4.78, 5) is 14.6. The van der Waals surface area contributed by atoms with Crippen LogP contribution >= 0.6 is 0 Å². The number of urea groups is 1. The molecule has 2 amide bonds. The fourth-order valence-electron chi connectivity index (χ4n) is 4.77. The minimum Gasteiger partial charge on any atom is -0.319 e. The van der Waals surface area contributed by atoms with Crippen LogP contribution in [0.3, 0.4) is 0 Å². The number of fused-ring (bicyclic) bond motifs is 2. The average molecular weight is 384 g/mol. The zero-order valence-corrected chi connectivity index (χ0v) is 15.6. The second kappa shape index (κ2) is 5.41. The summed E-state index contributed by atoms with van der Waals surface area (Å²) in [5, 5.41) is 2.76. The molecular weight excluding hydrogens is 362 g/mol. The number of nitrogens with zero attached hydrogens (tertiary/aromatic N) is 1. The highest BCUT2D eigenvalue weighted by molar-refractivity contribution is 7.90. The molecule has 1 aromatic carbocycles. The third-order valence-corrected chi connectivity index (χ3v) is 7.40. The van der Waals surface area contributed by atoms with Gasteiger partial charge < -0.3 is 10.2 Å². The topological polar surface area (TPSA) is 66.5 Å². The quantitative estimate of drug-likeness (QED) is 0.848. The van der Waals surface area contributed by atoms with Crippen molar-refractivity contribution in [1.82, 2.24) is 4.90 Å². The van der Waals surface area contributed by atoms with E-state index in [2.05, 4.69) is 5.32 Å². The van der Waals surface area contributed by atoms with Crippen LogP contribution in [0.15, 0.2) is 23.1 Å². The Labute approximate surface area is 151 Å². The van der Waals surface area contributed by atoms with Gasteiger partial charge in [0, 0.05) is 35.9 Å². The van der Waals surface area contributed by atoms with Crippen LogP contribution in [0.25, 0.3) is 0 Å². The molecule has 4 rings (SSSR count). The molecule has 0 aromatic heterocycles. The van der Waals surface area contributed by atoms with Gasteiger partial charge in [-0.05, 0) is 50.3 Å². The van der Waals surface area contributed by atoms with E-state index in [-0.39, 0.29) is 29.4 Å². The standard InChI is InChI=1S/C18H22F2N2O3S/c1-11-3-4-12(7-15(11)26(2,24)25)21-16(23)22-13-5-6-14(22)9-17(8-13)10-18(17,19)20/h3-4,7,13-14H,5-6,8-10H2,1-2H3,(H,21,23). The fourth-order valence-corrected chi connectivity index (χ4v) is 5.76. The van der Waals surface area contributed by atoms with Gasteiger partial charge in [0.15, 0.2) is 9.84 Å². The molecule has 2 aliphatic heterocycles. The van der Waals surface area contributed by atoms with Gasteiger partial charge in [-0.25, -0.2) is 22.0 Å². The molecule has 1 spiro atoms. The van der Waals surface area contributed by atoms with Crippen molar-refractivity contribution in [2.75, 3.05) is 11.6 Å². The van der Waals surface area contributed by atoms with Gasteiger partial charge >= 0.3 is 6.03 Å². The lowest BCUT2D eigenvalue weighted by Crippen LogP contribution is -2.49. The van der Waals surface area contributed by atoms with E-state index in [9.17, 15) is 22.0 Å². The first-order valence-electron chi connectivity index (χ1n) is 8.80. The molecule has 1 aliphatic carbocycles. The number of rotatable bonds is 2. The number of piperidine rings is 1. The number of anilines is 1. The van der Waals surface area contributed by atoms with Gasteiger partial charge in [-0.2, -0.15) is 0 Å². The van der Waals surface area contributed by atoms with Gasteiger partial charge in [0.2, 0.25) is 0 Å². The maximum absolute atomic E-state index is 13.7. The lowest BCUT2D eigenvalue weighted by molar-refractivity contribution is 0.0186. The van der Waals surface area contributed by atoms with Crippen molar-refractivity contribution in [1.29, 1.82) is 0 Å². The average Bonchev–Trinajstić information content (AvgIpc) is 2.90. The first-order chi connectivity index (χ1) is 12.0. The zero-order valence-electron chi connectivity index (χ0n) is 14.8. The molecular formula is C18H22F2N2O3S. The van der Waals surface area contributed by atoms with Crippen LogP contribution in [0.5, 0.6) is 0 Å². The minimum absolute atomic E-state index is 0.0574. The number of sulfone groups is 1. The molecule has 0 radical (unpaired) electrons. The van der Waals surface area contributed by atoms with E-state index in [0.717, 1.165) is 19.1 Å². The minimum atomic E-state index is -3.39. The number of aryl methyl sites for hydroxylation is 1. The van der Waals surface area contributed by atoms with Crippen LogP contribution in [0.1, 0.15) is 37.7 Å². The molecule has 3 fully saturated rings. The molecule has 2 unspecified atom stereocenters. The number of hydrogen-bond acceptors (Lipinski definition) is 3. The Bertz CT molecular complexity index is 870. The second-order valence-corrected chi connectivity index (χ2v) is 10.0. The van der Waals surface area contributed by atoms with E-state index in [1.807, 2.05) is 0 Å². The highest BCUT2D eigenvalue weighted by atomic mass is 32.2. The summed E-state index contributed by atoms with van der Waals surface area (Å²) >= 11 is 0. The van der Waals surface area contributed by atoms with E-state index in [1.54, 1.807) is 24.0 Å². The normalized spacial score (nSPS) is 31.9. The Hall–Kier alpha value is -1.70. The third-order valence-electron chi connectivity index (χ3n) is 6.16. The van der Waals surface area contributed by atoms with E-state index in [1.165, 1.54) is 6.07 Å². The predicted molar refractivity (Wildman–Crippen MR) is 93.2 cm³/mol. The van der Waals surface area contributed by atoms with E-state index >= 15 is 0 Å².